The van der Waals surface area contributed by atoms with Crippen molar-refractivity contribution < 1.29 is 18.9 Å². The molecule has 5 rings (SSSR count). The molecular formula is C27H27N3O4S. The van der Waals surface area contributed by atoms with E-state index >= 15 is 0 Å². The number of ether oxygens (including phenoxy) is 4. The molecule has 3 aromatic rings. The van der Waals surface area contributed by atoms with Gasteiger partial charge < -0.3 is 18.9 Å². The summed E-state index contributed by atoms with van der Waals surface area (Å²) >= 11 is 1.52. The van der Waals surface area contributed by atoms with Gasteiger partial charge in [0, 0.05) is 15.4 Å². The first kappa shape index (κ1) is 23.9. The molecule has 0 spiro atoms. The number of azide groups is 1. The molecule has 2 aliphatic rings. The number of rotatable bonds is 7. The molecule has 35 heavy (non-hydrogen) atoms. The minimum absolute atomic E-state index is 0.351. The van der Waals surface area contributed by atoms with E-state index in [2.05, 4.69) is 22.2 Å². The highest BCUT2D eigenvalue weighted by Gasteiger charge is 2.50. The van der Waals surface area contributed by atoms with Crippen molar-refractivity contribution >= 4 is 11.8 Å². The zero-order valence-electron chi connectivity index (χ0n) is 19.3. The molecule has 7 nitrogen and oxygen atoms in total. The Morgan fingerprint density at radius 2 is 1.69 bits per heavy atom. The Bertz CT molecular complexity index is 1140. The van der Waals surface area contributed by atoms with Crippen LogP contribution in [0.5, 0.6) is 0 Å². The minimum atomic E-state index is -0.592. The molecule has 0 saturated carbocycles. The predicted molar refractivity (Wildman–Crippen MR) is 134 cm³/mol. The van der Waals surface area contributed by atoms with Crippen LogP contribution in [-0.2, 0) is 25.6 Å². The Labute approximate surface area is 209 Å². The minimum Gasteiger partial charge on any atom is -0.370 e. The summed E-state index contributed by atoms with van der Waals surface area (Å²) in [5, 5.41) is 4.15. The molecule has 8 heteroatoms. The van der Waals surface area contributed by atoms with Gasteiger partial charge in [0.05, 0.1) is 19.3 Å². The number of hydrogen-bond donors (Lipinski definition) is 0. The molecule has 2 heterocycles. The first-order valence-corrected chi connectivity index (χ1v) is 12.5. The Kier molecular flexibility index (Phi) is 7.69. The van der Waals surface area contributed by atoms with Gasteiger partial charge in [0.2, 0.25) is 0 Å². The Balaban J connectivity index is 1.42. The number of hydrogen-bond acceptors (Lipinski definition) is 6. The van der Waals surface area contributed by atoms with E-state index in [-0.39, 0.29) is 6.10 Å². The highest BCUT2D eigenvalue weighted by Crippen LogP contribution is 2.41. The van der Waals surface area contributed by atoms with Gasteiger partial charge in [-0.2, -0.15) is 0 Å². The first-order chi connectivity index (χ1) is 17.2. The zero-order valence-corrected chi connectivity index (χ0v) is 20.2. The molecule has 1 unspecified atom stereocenters. The van der Waals surface area contributed by atoms with Crippen LogP contribution in [0.1, 0.15) is 23.0 Å². The van der Waals surface area contributed by atoms with Crippen LogP contribution in [0.15, 0.2) is 94.9 Å². The molecule has 6 atom stereocenters. The molecule has 3 aromatic carbocycles. The number of nitrogens with zero attached hydrogens (tertiary/aromatic N) is 3. The van der Waals surface area contributed by atoms with Crippen molar-refractivity contribution in [2.75, 3.05) is 6.61 Å². The number of benzene rings is 3. The van der Waals surface area contributed by atoms with Crippen molar-refractivity contribution in [1.29, 1.82) is 0 Å². The average molecular weight is 490 g/mol. The lowest BCUT2D eigenvalue weighted by Crippen LogP contribution is -2.61. The third-order valence-corrected chi connectivity index (χ3v) is 7.29. The lowest BCUT2D eigenvalue weighted by atomic mass is 9.97. The second-order valence-electron chi connectivity index (χ2n) is 8.61. The highest BCUT2D eigenvalue weighted by molar-refractivity contribution is 7.99. The van der Waals surface area contributed by atoms with Gasteiger partial charge in [-0.1, -0.05) is 95.2 Å². The van der Waals surface area contributed by atoms with E-state index in [4.69, 9.17) is 18.9 Å². The summed E-state index contributed by atoms with van der Waals surface area (Å²) in [6, 6.07) is 27.3. The second kappa shape index (κ2) is 11.3. The molecule has 2 fully saturated rings. The summed E-state index contributed by atoms with van der Waals surface area (Å²) < 4.78 is 25.3. The van der Waals surface area contributed by atoms with Gasteiger partial charge in [0.15, 0.2) is 6.29 Å². The zero-order chi connectivity index (χ0) is 24.0. The van der Waals surface area contributed by atoms with E-state index < -0.39 is 30.0 Å². The first-order valence-electron chi connectivity index (χ1n) is 11.6. The van der Waals surface area contributed by atoms with Crippen LogP contribution in [0.25, 0.3) is 10.4 Å². The molecule has 0 N–H and O–H groups in total. The van der Waals surface area contributed by atoms with Crippen molar-refractivity contribution in [3.63, 3.8) is 0 Å². The normalized spacial score (nSPS) is 28.0. The third-order valence-electron chi connectivity index (χ3n) is 6.12. The lowest BCUT2D eigenvalue weighted by molar-refractivity contribution is -0.311. The summed E-state index contributed by atoms with van der Waals surface area (Å²) in [5.41, 5.74) is 12.1. The molecule has 0 aliphatic carbocycles. The third kappa shape index (κ3) is 5.70. The molecule has 2 aliphatic heterocycles. The van der Waals surface area contributed by atoms with E-state index in [1.807, 2.05) is 79.7 Å². The van der Waals surface area contributed by atoms with Crippen LogP contribution >= 0.6 is 11.8 Å². The largest absolute Gasteiger partial charge is 0.370 e. The standard InChI is InChI=1S/C27H27N3O4S/c1-18-12-14-21(15-13-18)35-27-23(29-30-28)25(31-16-19-8-4-2-5-9-19)24-22(33-27)17-32-26(34-24)20-10-6-3-7-11-20/h2-15,22-27H,16-17H2,1H3/t22-,23-,24+,25-,26?,27+/m1/s1. The van der Waals surface area contributed by atoms with Crippen LogP contribution in [0.3, 0.4) is 0 Å². The van der Waals surface area contributed by atoms with E-state index in [1.54, 1.807) is 0 Å². The summed E-state index contributed by atoms with van der Waals surface area (Å²) in [5.74, 6) is 0. The fourth-order valence-corrected chi connectivity index (χ4v) is 5.44. The van der Waals surface area contributed by atoms with Gasteiger partial charge in [-0.15, -0.1) is 0 Å². The van der Waals surface area contributed by atoms with Crippen molar-refractivity contribution in [2.24, 2.45) is 5.11 Å². The van der Waals surface area contributed by atoms with Gasteiger partial charge >= 0.3 is 0 Å². The van der Waals surface area contributed by atoms with Gasteiger partial charge in [0.25, 0.3) is 0 Å². The van der Waals surface area contributed by atoms with Gasteiger partial charge in [-0.05, 0) is 30.2 Å². The molecular weight excluding hydrogens is 462 g/mol. The summed E-state index contributed by atoms with van der Waals surface area (Å²) in [6.45, 7) is 2.77. The maximum atomic E-state index is 9.44. The van der Waals surface area contributed by atoms with Gasteiger partial charge in [-0.25, -0.2) is 0 Å². The lowest BCUT2D eigenvalue weighted by Gasteiger charge is -2.48. The number of thioether (sulfide) groups is 1. The molecule has 0 bridgehead atoms. The second-order valence-corrected chi connectivity index (χ2v) is 9.78. The van der Waals surface area contributed by atoms with Crippen molar-refractivity contribution in [3.05, 3.63) is 112 Å². The fraction of sp³-hybridized carbons (Fsp3) is 0.333. The van der Waals surface area contributed by atoms with E-state index in [1.165, 1.54) is 17.3 Å². The smallest absolute Gasteiger partial charge is 0.184 e. The van der Waals surface area contributed by atoms with Crippen LogP contribution in [0.2, 0.25) is 0 Å². The highest BCUT2D eigenvalue weighted by atomic mass is 32.2. The molecule has 2 saturated heterocycles. The van der Waals surface area contributed by atoms with Crippen LogP contribution in [-0.4, -0.2) is 36.4 Å². The monoisotopic (exact) mass is 489 g/mol. The Morgan fingerprint density at radius 3 is 2.40 bits per heavy atom. The average Bonchev–Trinajstić information content (AvgIpc) is 2.90. The van der Waals surface area contributed by atoms with E-state index in [0.717, 1.165) is 16.0 Å². The van der Waals surface area contributed by atoms with Crippen molar-refractivity contribution in [3.8, 4) is 0 Å². The van der Waals surface area contributed by atoms with Gasteiger partial charge in [-0.3, -0.25) is 0 Å². The maximum absolute atomic E-state index is 9.44. The molecule has 0 aromatic heterocycles. The Morgan fingerprint density at radius 1 is 0.971 bits per heavy atom. The SMILES string of the molecule is Cc1ccc(S[C@@H]2O[C@@H]3COC(c4ccccc4)O[C@@H]3[C@H](OCc3ccccc3)[C@H]2N=[N+]=[N-])cc1. The topological polar surface area (TPSA) is 85.7 Å². The van der Waals surface area contributed by atoms with Crippen LogP contribution < -0.4 is 0 Å². The predicted octanol–water partition coefficient (Wildman–Crippen LogP) is 6.19. The number of fused-ring (bicyclic) bond motifs is 1. The van der Waals surface area contributed by atoms with E-state index in [9.17, 15) is 5.53 Å². The molecule has 0 radical (unpaired) electrons. The van der Waals surface area contributed by atoms with E-state index in [0.29, 0.717) is 13.2 Å². The fourth-order valence-electron chi connectivity index (χ4n) is 4.33. The summed E-state index contributed by atoms with van der Waals surface area (Å²) in [6.07, 6.45) is -1.87. The Hall–Kier alpha value is -2.84. The number of aryl methyl sites for hydroxylation is 1. The molecule has 180 valence electrons. The maximum Gasteiger partial charge on any atom is 0.184 e. The summed E-state index contributed by atoms with van der Waals surface area (Å²) in [7, 11) is 0. The molecule has 0 amide bonds. The van der Waals surface area contributed by atoms with Gasteiger partial charge in [0.1, 0.15) is 23.7 Å². The van der Waals surface area contributed by atoms with Crippen LogP contribution in [0, 0.1) is 6.92 Å². The summed E-state index contributed by atoms with van der Waals surface area (Å²) in [4.78, 5) is 4.18. The van der Waals surface area contributed by atoms with Crippen molar-refractivity contribution in [1.82, 2.24) is 0 Å². The quantitative estimate of drug-likeness (QED) is 0.224. The van der Waals surface area contributed by atoms with Crippen LogP contribution in [0.4, 0.5) is 0 Å². The van der Waals surface area contributed by atoms with Crippen molar-refractivity contribution in [2.45, 2.75) is 54.5 Å².